The molecule has 1 saturated heterocycles. The van der Waals surface area contributed by atoms with E-state index < -0.39 is 11.8 Å². The molecule has 5 nitrogen and oxygen atoms in total. The van der Waals surface area contributed by atoms with E-state index in [0.717, 1.165) is 44.7 Å². The van der Waals surface area contributed by atoms with Gasteiger partial charge in [0.05, 0.1) is 6.20 Å². The van der Waals surface area contributed by atoms with Gasteiger partial charge in [-0.25, -0.2) is 14.2 Å². The summed E-state index contributed by atoms with van der Waals surface area (Å²) in [4.78, 5) is 19.2. The van der Waals surface area contributed by atoms with Gasteiger partial charge in [0.2, 0.25) is 0 Å². The van der Waals surface area contributed by atoms with Crippen LogP contribution in [0.1, 0.15) is 23.2 Å². The molecule has 1 N–H and O–H groups in total. The fraction of sp³-hybridized carbons (Fsp3) is 0.571. The van der Waals surface area contributed by atoms with Crippen molar-refractivity contribution in [3.05, 3.63) is 23.6 Å². The van der Waals surface area contributed by atoms with Crippen LogP contribution in [-0.4, -0.2) is 54.7 Å². The lowest BCUT2D eigenvalue weighted by atomic mass is 9.96. The fourth-order valence-electron chi connectivity index (χ4n) is 2.61. The fourth-order valence-corrected chi connectivity index (χ4v) is 2.61. The quantitative estimate of drug-likeness (QED) is 0.910. The Hall–Kier alpha value is -1.69. The lowest BCUT2D eigenvalue weighted by molar-refractivity contribution is 0.0696. The summed E-state index contributed by atoms with van der Waals surface area (Å²) in [5, 5.41) is 9.14. The number of likely N-dealkylation sites (tertiary alicyclic amines) is 1. The average Bonchev–Trinajstić information content (AvgIpc) is 2.41. The number of nitrogens with zero attached hydrogens (tertiary/aromatic N) is 3. The van der Waals surface area contributed by atoms with Crippen molar-refractivity contribution in [2.45, 2.75) is 12.8 Å². The summed E-state index contributed by atoms with van der Waals surface area (Å²) >= 11 is 0. The molecule has 2 heterocycles. The number of anilines is 1. The highest BCUT2D eigenvalue weighted by atomic mass is 19.1. The van der Waals surface area contributed by atoms with Gasteiger partial charge in [0, 0.05) is 13.6 Å². The van der Waals surface area contributed by atoms with Gasteiger partial charge < -0.3 is 14.9 Å². The second-order valence-corrected chi connectivity index (χ2v) is 5.46. The SMILES string of the molecule is CN1CCC(CN(C)c2ncc(F)cc2C(=O)O)CC1. The van der Waals surface area contributed by atoms with E-state index in [2.05, 4.69) is 16.9 Å². The number of piperidine rings is 1. The smallest absolute Gasteiger partial charge is 0.339 e. The third kappa shape index (κ3) is 3.45. The molecule has 0 atom stereocenters. The first-order valence-electron chi connectivity index (χ1n) is 6.76. The molecule has 0 amide bonds. The Bertz CT molecular complexity index is 487. The van der Waals surface area contributed by atoms with Crippen LogP contribution in [0.4, 0.5) is 10.2 Å². The van der Waals surface area contributed by atoms with Crippen molar-refractivity contribution in [2.75, 3.05) is 38.6 Å². The van der Waals surface area contributed by atoms with E-state index >= 15 is 0 Å². The molecule has 0 saturated carbocycles. The van der Waals surface area contributed by atoms with Crippen molar-refractivity contribution in [1.29, 1.82) is 0 Å². The molecule has 1 aliphatic rings. The second kappa shape index (κ2) is 6.17. The lowest BCUT2D eigenvalue weighted by Crippen LogP contribution is -2.36. The van der Waals surface area contributed by atoms with Crippen LogP contribution in [0, 0.1) is 11.7 Å². The van der Waals surface area contributed by atoms with E-state index in [1.807, 2.05) is 11.9 Å². The molecule has 110 valence electrons. The molecule has 0 spiro atoms. The van der Waals surface area contributed by atoms with Crippen LogP contribution >= 0.6 is 0 Å². The van der Waals surface area contributed by atoms with Crippen LogP contribution in [0.3, 0.4) is 0 Å². The third-order valence-electron chi connectivity index (χ3n) is 3.80. The van der Waals surface area contributed by atoms with Gasteiger partial charge in [-0.2, -0.15) is 0 Å². The molecule has 1 fully saturated rings. The molecular formula is C14H20FN3O2. The lowest BCUT2D eigenvalue weighted by Gasteiger charge is -2.32. The van der Waals surface area contributed by atoms with Crippen LogP contribution in [0.25, 0.3) is 0 Å². The van der Waals surface area contributed by atoms with Crippen LogP contribution in [0.15, 0.2) is 12.3 Å². The first-order chi connectivity index (χ1) is 9.47. The Kier molecular flexibility index (Phi) is 4.54. The predicted octanol–water partition coefficient (Wildman–Crippen LogP) is 1.70. The molecule has 1 aromatic rings. The highest BCUT2D eigenvalue weighted by molar-refractivity contribution is 5.93. The van der Waals surface area contributed by atoms with Gasteiger partial charge in [-0.1, -0.05) is 0 Å². The summed E-state index contributed by atoms with van der Waals surface area (Å²) in [5.74, 6) is -0.927. The highest BCUT2D eigenvalue weighted by Crippen LogP contribution is 2.22. The number of carbonyl (C=O) groups is 1. The number of aromatic nitrogens is 1. The molecule has 6 heteroatoms. The number of hydrogen-bond acceptors (Lipinski definition) is 4. The van der Waals surface area contributed by atoms with Crippen molar-refractivity contribution in [1.82, 2.24) is 9.88 Å². The standard InChI is InChI=1S/C14H20FN3O2/c1-17-5-3-10(4-6-17)9-18(2)13-12(14(19)20)7-11(15)8-16-13/h7-8,10H,3-6,9H2,1-2H3,(H,19,20). The van der Waals surface area contributed by atoms with Gasteiger partial charge in [-0.05, 0) is 45.0 Å². The Morgan fingerprint density at radius 3 is 2.80 bits per heavy atom. The van der Waals surface area contributed by atoms with Gasteiger partial charge in [-0.3, -0.25) is 0 Å². The monoisotopic (exact) mass is 281 g/mol. The molecule has 0 aliphatic carbocycles. The minimum atomic E-state index is -1.15. The number of rotatable bonds is 4. The largest absolute Gasteiger partial charge is 0.478 e. The van der Waals surface area contributed by atoms with Crippen LogP contribution in [0.2, 0.25) is 0 Å². The number of aromatic carboxylic acids is 1. The van der Waals surface area contributed by atoms with Gasteiger partial charge >= 0.3 is 5.97 Å². The number of hydrogen-bond donors (Lipinski definition) is 1. The molecular weight excluding hydrogens is 261 g/mol. The van der Waals surface area contributed by atoms with Gasteiger partial charge in [0.25, 0.3) is 0 Å². The Labute approximate surface area is 118 Å². The first-order valence-corrected chi connectivity index (χ1v) is 6.76. The summed E-state index contributed by atoms with van der Waals surface area (Å²) in [6.07, 6.45) is 3.24. The number of carboxylic acid groups (broad SMARTS) is 1. The van der Waals surface area contributed by atoms with Crippen molar-refractivity contribution >= 4 is 11.8 Å². The van der Waals surface area contributed by atoms with E-state index in [1.54, 1.807) is 0 Å². The van der Waals surface area contributed by atoms with Crippen LogP contribution < -0.4 is 4.90 Å². The van der Waals surface area contributed by atoms with Crippen molar-refractivity contribution in [3.63, 3.8) is 0 Å². The van der Waals surface area contributed by atoms with Crippen molar-refractivity contribution in [2.24, 2.45) is 5.92 Å². The zero-order valence-corrected chi connectivity index (χ0v) is 11.8. The Morgan fingerprint density at radius 1 is 1.55 bits per heavy atom. The first kappa shape index (κ1) is 14.7. The average molecular weight is 281 g/mol. The van der Waals surface area contributed by atoms with Crippen LogP contribution in [0.5, 0.6) is 0 Å². The highest BCUT2D eigenvalue weighted by Gasteiger charge is 2.21. The van der Waals surface area contributed by atoms with Gasteiger partial charge in [-0.15, -0.1) is 0 Å². The molecule has 0 aromatic carbocycles. The minimum Gasteiger partial charge on any atom is -0.478 e. The summed E-state index contributed by atoms with van der Waals surface area (Å²) in [6.45, 7) is 2.86. The molecule has 2 rings (SSSR count). The number of halogens is 1. The topological polar surface area (TPSA) is 56.7 Å². The summed E-state index contributed by atoms with van der Waals surface area (Å²) in [5.41, 5.74) is -0.0829. The molecule has 20 heavy (non-hydrogen) atoms. The van der Waals surface area contributed by atoms with Gasteiger partial charge in [0.1, 0.15) is 17.2 Å². The van der Waals surface area contributed by atoms with Crippen LogP contribution in [-0.2, 0) is 0 Å². The van der Waals surface area contributed by atoms with Gasteiger partial charge in [0.15, 0.2) is 0 Å². The van der Waals surface area contributed by atoms with E-state index in [9.17, 15) is 9.18 Å². The molecule has 1 aromatic heterocycles. The molecule has 1 aliphatic heterocycles. The maximum atomic E-state index is 13.1. The van der Waals surface area contributed by atoms with Crippen molar-refractivity contribution < 1.29 is 14.3 Å². The zero-order valence-electron chi connectivity index (χ0n) is 11.8. The Balaban J connectivity index is 2.09. The third-order valence-corrected chi connectivity index (χ3v) is 3.80. The van der Waals surface area contributed by atoms with E-state index in [-0.39, 0.29) is 5.56 Å². The number of pyridine rings is 1. The maximum absolute atomic E-state index is 13.1. The van der Waals surface area contributed by atoms with E-state index in [0.29, 0.717) is 11.7 Å². The summed E-state index contributed by atoms with van der Waals surface area (Å²) in [6, 6.07) is 1.02. The molecule has 0 unspecified atom stereocenters. The summed E-state index contributed by atoms with van der Waals surface area (Å²) < 4.78 is 13.1. The zero-order chi connectivity index (χ0) is 14.7. The van der Waals surface area contributed by atoms with Crippen molar-refractivity contribution in [3.8, 4) is 0 Å². The maximum Gasteiger partial charge on any atom is 0.339 e. The predicted molar refractivity (Wildman–Crippen MR) is 74.6 cm³/mol. The Morgan fingerprint density at radius 2 is 2.20 bits per heavy atom. The van der Waals surface area contributed by atoms with E-state index in [1.165, 1.54) is 0 Å². The summed E-state index contributed by atoms with van der Waals surface area (Å²) in [7, 11) is 3.91. The van der Waals surface area contributed by atoms with E-state index in [4.69, 9.17) is 5.11 Å². The molecule has 0 bridgehead atoms. The number of carboxylic acids is 1. The second-order valence-electron chi connectivity index (χ2n) is 5.46. The normalized spacial score (nSPS) is 17.1. The molecule has 0 radical (unpaired) electrons. The minimum absolute atomic E-state index is 0.0829.